The quantitative estimate of drug-likeness (QED) is 0.844. The summed E-state index contributed by atoms with van der Waals surface area (Å²) in [5.41, 5.74) is 5.31. The third kappa shape index (κ3) is 2.57. The lowest BCUT2D eigenvalue weighted by atomic mass is 9.79. The van der Waals surface area contributed by atoms with Gasteiger partial charge in [0.25, 0.3) is 0 Å². The van der Waals surface area contributed by atoms with Gasteiger partial charge in [0.15, 0.2) is 0 Å². The maximum absolute atomic E-state index is 12.4. The molecule has 1 aromatic heterocycles. The number of amides is 1. The van der Waals surface area contributed by atoms with Crippen molar-refractivity contribution in [1.82, 2.24) is 5.32 Å². The summed E-state index contributed by atoms with van der Waals surface area (Å²) >= 11 is 0. The molecule has 0 aromatic carbocycles. The van der Waals surface area contributed by atoms with Crippen molar-refractivity contribution in [1.29, 1.82) is 0 Å². The summed E-state index contributed by atoms with van der Waals surface area (Å²) in [6.45, 7) is 3.45. The van der Waals surface area contributed by atoms with Crippen LogP contribution in [0.5, 0.6) is 0 Å². The van der Waals surface area contributed by atoms with Crippen LogP contribution in [0.3, 0.4) is 0 Å². The van der Waals surface area contributed by atoms with Crippen molar-refractivity contribution >= 4 is 5.91 Å². The summed E-state index contributed by atoms with van der Waals surface area (Å²) in [6, 6.07) is 3.52. The van der Waals surface area contributed by atoms with Gasteiger partial charge in [-0.05, 0) is 31.9 Å². The van der Waals surface area contributed by atoms with Gasteiger partial charge in [0.1, 0.15) is 5.76 Å². The zero-order chi connectivity index (χ0) is 13.0. The maximum Gasteiger partial charge on any atom is 0.228 e. The molecular formula is C13H20N2O3. The van der Waals surface area contributed by atoms with E-state index in [9.17, 15) is 4.79 Å². The van der Waals surface area contributed by atoms with Gasteiger partial charge in [-0.2, -0.15) is 0 Å². The Morgan fingerprint density at radius 2 is 2.28 bits per heavy atom. The first-order valence-electron chi connectivity index (χ1n) is 6.30. The van der Waals surface area contributed by atoms with E-state index in [-0.39, 0.29) is 11.9 Å². The molecule has 1 aromatic rings. The Hall–Kier alpha value is -1.33. The van der Waals surface area contributed by atoms with Crippen LogP contribution < -0.4 is 11.1 Å². The van der Waals surface area contributed by atoms with Crippen molar-refractivity contribution in [3.05, 3.63) is 24.2 Å². The van der Waals surface area contributed by atoms with E-state index in [1.807, 2.05) is 19.1 Å². The van der Waals surface area contributed by atoms with E-state index in [4.69, 9.17) is 14.9 Å². The minimum absolute atomic E-state index is 0.00259. The summed E-state index contributed by atoms with van der Waals surface area (Å²) in [4.78, 5) is 12.4. The van der Waals surface area contributed by atoms with E-state index in [1.54, 1.807) is 6.26 Å². The number of ether oxygens (including phenoxy) is 1. The topological polar surface area (TPSA) is 77.5 Å². The number of furan rings is 1. The summed E-state index contributed by atoms with van der Waals surface area (Å²) in [5, 5.41) is 2.98. The van der Waals surface area contributed by atoms with Gasteiger partial charge >= 0.3 is 0 Å². The predicted molar refractivity (Wildman–Crippen MR) is 66.8 cm³/mol. The minimum atomic E-state index is -0.487. The Morgan fingerprint density at radius 3 is 2.83 bits per heavy atom. The van der Waals surface area contributed by atoms with Gasteiger partial charge in [-0.15, -0.1) is 0 Å². The van der Waals surface area contributed by atoms with E-state index in [1.165, 1.54) is 0 Å². The fourth-order valence-electron chi connectivity index (χ4n) is 2.24. The third-order valence-corrected chi connectivity index (χ3v) is 3.64. The lowest BCUT2D eigenvalue weighted by Gasteiger charge is -2.35. The molecule has 1 unspecified atom stereocenters. The van der Waals surface area contributed by atoms with Gasteiger partial charge in [-0.1, -0.05) is 0 Å². The van der Waals surface area contributed by atoms with E-state index >= 15 is 0 Å². The third-order valence-electron chi connectivity index (χ3n) is 3.64. The van der Waals surface area contributed by atoms with E-state index < -0.39 is 5.41 Å². The number of nitrogens with two attached hydrogens (primary N) is 1. The van der Waals surface area contributed by atoms with Gasteiger partial charge in [-0.25, -0.2) is 0 Å². The van der Waals surface area contributed by atoms with Gasteiger partial charge in [0, 0.05) is 19.8 Å². The minimum Gasteiger partial charge on any atom is -0.467 e. The Labute approximate surface area is 107 Å². The van der Waals surface area contributed by atoms with Crippen LogP contribution in [0.4, 0.5) is 0 Å². The monoisotopic (exact) mass is 252 g/mol. The average Bonchev–Trinajstić information content (AvgIpc) is 2.93. The van der Waals surface area contributed by atoms with E-state index in [2.05, 4.69) is 5.32 Å². The summed E-state index contributed by atoms with van der Waals surface area (Å²) in [7, 11) is 0. The zero-order valence-corrected chi connectivity index (χ0v) is 10.6. The number of carbonyl (C=O) groups excluding carboxylic acids is 1. The molecular weight excluding hydrogens is 232 g/mol. The van der Waals surface area contributed by atoms with Crippen LogP contribution in [-0.2, 0) is 9.53 Å². The Bertz CT molecular complexity index is 383. The van der Waals surface area contributed by atoms with E-state index in [0.717, 1.165) is 5.76 Å². The molecule has 5 heteroatoms. The standard InChI is InChI=1S/C13H20N2O3/c1-10(11-3-2-6-18-11)15-12(16)13(9-14)4-7-17-8-5-13/h2-3,6,10H,4-5,7-9,14H2,1H3,(H,15,16). The van der Waals surface area contributed by atoms with Gasteiger partial charge in [-0.3, -0.25) is 4.79 Å². The first kappa shape index (κ1) is 13.1. The van der Waals surface area contributed by atoms with Crippen LogP contribution in [0.1, 0.15) is 31.6 Å². The molecule has 0 saturated carbocycles. The molecule has 1 amide bonds. The number of carbonyl (C=O) groups is 1. The molecule has 0 aliphatic carbocycles. The molecule has 2 heterocycles. The Kier molecular flexibility index (Phi) is 4.04. The molecule has 0 bridgehead atoms. The summed E-state index contributed by atoms with van der Waals surface area (Å²) < 4.78 is 10.6. The van der Waals surface area contributed by atoms with Gasteiger partial charge in [0.2, 0.25) is 5.91 Å². The summed E-state index contributed by atoms with van der Waals surface area (Å²) in [6.07, 6.45) is 2.96. The fourth-order valence-corrected chi connectivity index (χ4v) is 2.24. The van der Waals surface area contributed by atoms with Crippen LogP contribution >= 0.6 is 0 Å². The van der Waals surface area contributed by atoms with Gasteiger partial charge in [0.05, 0.1) is 17.7 Å². The van der Waals surface area contributed by atoms with E-state index in [0.29, 0.717) is 32.6 Å². The maximum atomic E-state index is 12.4. The molecule has 1 fully saturated rings. The molecule has 1 aliphatic heterocycles. The zero-order valence-electron chi connectivity index (χ0n) is 10.6. The van der Waals surface area contributed by atoms with Crippen LogP contribution in [0.15, 0.2) is 22.8 Å². The number of hydrogen-bond donors (Lipinski definition) is 2. The lowest BCUT2D eigenvalue weighted by molar-refractivity contribution is -0.136. The highest BCUT2D eigenvalue weighted by Crippen LogP contribution is 2.30. The van der Waals surface area contributed by atoms with Crippen molar-refractivity contribution in [2.75, 3.05) is 19.8 Å². The first-order valence-corrected chi connectivity index (χ1v) is 6.30. The molecule has 100 valence electrons. The molecule has 1 atom stereocenters. The van der Waals surface area contributed by atoms with Crippen LogP contribution in [0.2, 0.25) is 0 Å². The second-order valence-corrected chi connectivity index (χ2v) is 4.81. The van der Waals surface area contributed by atoms with Crippen molar-refractivity contribution < 1.29 is 13.9 Å². The second-order valence-electron chi connectivity index (χ2n) is 4.81. The Balaban J connectivity index is 2.01. The molecule has 1 saturated heterocycles. The van der Waals surface area contributed by atoms with Crippen molar-refractivity contribution in [2.45, 2.75) is 25.8 Å². The van der Waals surface area contributed by atoms with Crippen molar-refractivity contribution in [3.63, 3.8) is 0 Å². The van der Waals surface area contributed by atoms with Crippen LogP contribution in [0, 0.1) is 5.41 Å². The smallest absolute Gasteiger partial charge is 0.228 e. The highest BCUT2D eigenvalue weighted by atomic mass is 16.5. The highest BCUT2D eigenvalue weighted by molar-refractivity contribution is 5.83. The van der Waals surface area contributed by atoms with Crippen LogP contribution in [-0.4, -0.2) is 25.7 Å². The van der Waals surface area contributed by atoms with Crippen molar-refractivity contribution in [2.24, 2.45) is 11.1 Å². The average molecular weight is 252 g/mol. The summed E-state index contributed by atoms with van der Waals surface area (Å²) in [5.74, 6) is 0.750. The SMILES string of the molecule is CC(NC(=O)C1(CN)CCOCC1)c1ccco1. The number of rotatable bonds is 4. The van der Waals surface area contributed by atoms with Crippen LogP contribution in [0.25, 0.3) is 0 Å². The molecule has 1 aliphatic rings. The van der Waals surface area contributed by atoms with Gasteiger partial charge < -0.3 is 20.2 Å². The molecule has 5 nitrogen and oxygen atoms in total. The number of hydrogen-bond acceptors (Lipinski definition) is 4. The largest absolute Gasteiger partial charge is 0.467 e. The predicted octanol–water partition coefficient (Wildman–Crippen LogP) is 1.21. The Morgan fingerprint density at radius 1 is 1.56 bits per heavy atom. The first-order chi connectivity index (χ1) is 8.68. The lowest BCUT2D eigenvalue weighted by Crippen LogP contribution is -2.49. The molecule has 2 rings (SSSR count). The highest BCUT2D eigenvalue weighted by Gasteiger charge is 2.39. The normalized spacial score (nSPS) is 20.3. The fraction of sp³-hybridized carbons (Fsp3) is 0.615. The molecule has 0 radical (unpaired) electrons. The number of nitrogens with one attached hydrogen (secondary N) is 1. The second kappa shape index (κ2) is 5.54. The molecule has 3 N–H and O–H groups in total. The molecule has 18 heavy (non-hydrogen) atoms. The van der Waals surface area contributed by atoms with Crippen molar-refractivity contribution in [3.8, 4) is 0 Å². The molecule has 0 spiro atoms.